The van der Waals surface area contributed by atoms with E-state index in [1.165, 1.54) is 13.0 Å². The molecule has 1 aromatic rings. The predicted octanol–water partition coefficient (Wildman–Crippen LogP) is 2.13. The number of aliphatic hydroxyl groups excluding tert-OH is 1. The van der Waals surface area contributed by atoms with Gasteiger partial charge in [-0.1, -0.05) is 36.4 Å². The second-order valence-corrected chi connectivity index (χ2v) is 3.59. The lowest BCUT2D eigenvalue weighted by Gasteiger charge is -2.07. The van der Waals surface area contributed by atoms with Crippen molar-refractivity contribution in [3.63, 3.8) is 0 Å². The fourth-order valence-electron chi connectivity index (χ4n) is 1.36. The SMILES string of the molecule is CC(=O)/C=C/C[C@@H](O)Cc1ccccc1. The zero-order valence-electron chi connectivity index (χ0n) is 8.89. The van der Waals surface area contributed by atoms with Crippen LogP contribution in [0.5, 0.6) is 0 Å². The zero-order valence-corrected chi connectivity index (χ0v) is 8.89. The topological polar surface area (TPSA) is 37.3 Å². The number of allylic oxidation sites excluding steroid dienone is 1. The molecule has 0 aliphatic carbocycles. The van der Waals surface area contributed by atoms with Gasteiger partial charge in [0.15, 0.2) is 5.78 Å². The van der Waals surface area contributed by atoms with Gasteiger partial charge in [-0.15, -0.1) is 0 Å². The molecule has 1 aromatic carbocycles. The summed E-state index contributed by atoms with van der Waals surface area (Å²) in [6.07, 6.45) is 3.95. The first kappa shape index (κ1) is 11.7. The van der Waals surface area contributed by atoms with E-state index in [-0.39, 0.29) is 5.78 Å². The van der Waals surface area contributed by atoms with Crippen molar-refractivity contribution in [2.75, 3.05) is 0 Å². The van der Waals surface area contributed by atoms with Gasteiger partial charge in [-0.25, -0.2) is 0 Å². The van der Waals surface area contributed by atoms with Gasteiger partial charge in [0.05, 0.1) is 6.10 Å². The maximum atomic E-state index is 10.6. The fourth-order valence-corrected chi connectivity index (χ4v) is 1.36. The largest absolute Gasteiger partial charge is 0.392 e. The molecule has 0 aliphatic rings. The second kappa shape index (κ2) is 6.14. The van der Waals surface area contributed by atoms with Gasteiger partial charge < -0.3 is 5.11 Å². The number of carbonyl (C=O) groups is 1. The van der Waals surface area contributed by atoms with Gasteiger partial charge in [0.1, 0.15) is 0 Å². The third-order valence-electron chi connectivity index (χ3n) is 2.07. The van der Waals surface area contributed by atoms with Crippen molar-refractivity contribution in [3.05, 3.63) is 48.0 Å². The minimum Gasteiger partial charge on any atom is -0.392 e. The quantitative estimate of drug-likeness (QED) is 0.746. The molecule has 0 aliphatic heterocycles. The summed E-state index contributed by atoms with van der Waals surface area (Å²) < 4.78 is 0. The van der Waals surface area contributed by atoms with E-state index in [9.17, 15) is 9.90 Å². The van der Waals surface area contributed by atoms with Crippen LogP contribution in [0.4, 0.5) is 0 Å². The van der Waals surface area contributed by atoms with Crippen LogP contribution in [0.2, 0.25) is 0 Å². The Morgan fingerprint density at radius 3 is 2.67 bits per heavy atom. The van der Waals surface area contributed by atoms with Gasteiger partial charge in [-0.2, -0.15) is 0 Å². The Balaban J connectivity index is 2.36. The average molecular weight is 204 g/mol. The van der Waals surface area contributed by atoms with Crippen molar-refractivity contribution in [2.45, 2.75) is 25.9 Å². The lowest BCUT2D eigenvalue weighted by molar-refractivity contribution is -0.112. The van der Waals surface area contributed by atoms with E-state index in [1.807, 2.05) is 30.3 Å². The summed E-state index contributed by atoms with van der Waals surface area (Å²) in [7, 11) is 0. The zero-order chi connectivity index (χ0) is 11.1. The summed E-state index contributed by atoms with van der Waals surface area (Å²) in [5.41, 5.74) is 1.11. The predicted molar refractivity (Wildman–Crippen MR) is 60.6 cm³/mol. The Morgan fingerprint density at radius 2 is 2.07 bits per heavy atom. The first-order valence-electron chi connectivity index (χ1n) is 5.07. The highest BCUT2D eigenvalue weighted by molar-refractivity contribution is 5.87. The van der Waals surface area contributed by atoms with Crippen molar-refractivity contribution in [1.29, 1.82) is 0 Å². The molecular weight excluding hydrogens is 188 g/mol. The third kappa shape index (κ3) is 5.13. The molecule has 15 heavy (non-hydrogen) atoms. The molecule has 1 rings (SSSR count). The van der Waals surface area contributed by atoms with Crippen molar-refractivity contribution in [1.82, 2.24) is 0 Å². The molecule has 2 nitrogen and oxygen atoms in total. The lowest BCUT2D eigenvalue weighted by atomic mass is 10.1. The highest BCUT2D eigenvalue weighted by atomic mass is 16.3. The number of hydrogen-bond acceptors (Lipinski definition) is 2. The van der Waals surface area contributed by atoms with Crippen molar-refractivity contribution in [3.8, 4) is 0 Å². The summed E-state index contributed by atoms with van der Waals surface area (Å²) in [5.74, 6) is 0.0157. The molecule has 0 spiro atoms. The van der Waals surface area contributed by atoms with Crippen LogP contribution in [0, 0.1) is 0 Å². The molecule has 0 heterocycles. The molecule has 0 radical (unpaired) electrons. The molecule has 0 saturated heterocycles. The van der Waals surface area contributed by atoms with E-state index >= 15 is 0 Å². The van der Waals surface area contributed by atoms with Crippen LogP contribution in [0.3, 0.4) is 0 Å². The number of carbonyl (C=O) groups excluding carboxylic acids is 1. The Morgan fingerprint density at radius 1 is 1.40 bits per heavy atom. The van der Waals surface area contributed by atoms with Crippen molar-refractivity contribution < 1.29 is 9.90 Å². The summed E-state index contributed by atoms with van der Waals surface area (Å²) in [6, 6.07) is 9.82. The van der Waals surface area contributed by atoms with Gasteiger partial charge in [-0.3, -0.25) is 4.79 Å². The maximum absolute atomic E-state index is 10.6. The van der Waals surface area contributed by atoms with Crippen LogP contribution >= 0.6 is 0 Å². The van der Waals surface area contributed by atoms with E-state index in [1.54, 1.807) is 6.08 Å². The van der Waals surface area contributed by atoms with E-state index in [2.05, 4.69) is 0 Å². The maximum Gasteiger partial charge on any atom is 0.152 e. The third-order valence-corrected chi connectivity index (χ3v) is 2.07. The van der Waals surface area contributed by atoms with Gasteiger partial charge in [0.25, 0.3) is 0 Å². The van der Waals surface area contributed by atoms with E-state index in [0.29, 0.717) is 12.8 Å². The van der Waals surface area contributed by atoms with Crippen LogP contribution in [-0.2, 0) is 11.2 Å². The van der Waals surface area contributed by atoms with Crippen LogP contribution < -0.4 is 0 Å². The highest BCUT2D eigenvalue weighted by Crippen LogP contribution is 2.05. The molecule has 0 aromatic heterocycles. The van der Waals surface area contributed by atoms with Gasteiger partial charge >= 0.3 is 0 Å². The smallest absolute Gasteiger partial charge is 0.152 e. The first-order chi connectivity index (χ1) is 7.18. The number of hydrogen-bond donors (Lipinski definition) is 1. The summed E-state index contributed by atoms with van der Waals surface area (Å²) in [5, 5.41) is 9.65. The Bertz CT molecular complexity index is 328. The molecule has 80 valence electrons. The number of benzene rings is 1. The molecule has 1 N–H and O–H groups in total. The minimum absolute atomic E-state index is 0.0157. The van der Waals surface area contributed by atoms with Crippen LogP contribution in [0.1, 0.15) is 18.9 Å². The number of aliphatic hydroxyl groups is 1. The van der Waals surface area contributed by atoms with E-state index in [0.717, 1.165) is 5.56 Å². The Labute approximate surface area is 90.3 Å². The summed E-state index contributed by atoms with van der Waals surface area (Å²) >= 11 is 0. The molecular formula is C13H16O2. The molecule has 0 unspecified atom stereocenters. The normalized spacial score (nSPS) is 12.9. The molecule has 2 heteroatoms. The lowest BCUT2D eigenvalue weighted by Crippen LogP contribution is -2.08. The standard InChI is InChI=1S/C13H16O2/c1-11(14)6-5-9-13(15)10-12-7-3-2-4-8-12/h2-8,13,15H,9-10H2,1H3/b6-5+/t13-/m1/s1. The van der Waals surface area contributed by atoms with E-state index < -0.39 is 6.10 Å². The molecule has 0 fully saturated rings. The van der Waals surface area contributed by atoms with E-state index in [4.69, 9.17) is 0 Å². The summed E-state index contributed by atoms with van der Waals surface area (Å²) in [4.78, 5) is 10.6. The fraction of sp³-hybridized carbons (Fsp3) is 0.308. The molecule has 1 atom stereocenters. The second-order valence-electron chi connectivity index (χ2n) is 3.59. The Hall–Kier alpha value is -1.41. The monoisotopic (exact) mass is 204 g/mol. The Kier molecular flexibility index (Phi) is 4.78. The van der Waals surface area contributed by atoms with Crippen LogP contribution in [0.15, 0.2) is 42.5 Å². The molecule has 0 amide bonds. The summed E-state index contributed by atoms with van der Waals surface area (Å²) in [6.45, 7) is 1.50. The minimum atomic E-state index is -0.414. The van der Waals surface area contributed by atoms with Crippen LogP contribution in [-0.4, -0.2) is 17.0 Å². The first-order valence-corrected chi connectivity index (χ1v) is 5.07. The molecule has 0 saturated carbocycles. The van der Waals surface area contributed by atoms with Gasteiger partial charge in [-0.05, 0) is 31.4 Å². The van der Waals surface area contributed by atoms with Crippen molar-refractivity contribution >= 4 is 5.78 Å². The van der Waals surface area contributed by atoms with Gasteiger partial charge in [0, 0.05) is 0 Å². The number of ketones is 1. The van der Waals surface area contributed by atoms with Crippen molar-refractivity contribution in [2.24, 2.45) is 0 Å². The van der Waals surface area contributed by atoms with Gasteiger partial charge in [0.2, 0.25) is 0 Å². The van der Waals surface area contributed by atoms with Crippen LogP contribution in [0.25, 0.3) is 0 Å². The average Bonchev–Trinajstić information content (AvgIpc) is 2.18. The highest BCUT2D eigenvalue weighted by Gasteiger charge is 2.02. The molecule has 0 bridgehead atoms. The number of rotatable bonds is 5.